The normalized spacial score (nSPS) is 19.9. The largest absolute Gasteiger partial charge is 0.341 e. The third-order valence-corrected chi connectivity index (χ3v) is 8.33. The maximum atomic E-state index is 13.3. The fraction of sp³-hybridized carbons (Fsp3) is 0.419. The Morgan fingerprint density at radius 1 is 0.974 bits per heavy atom. The first-order chi connectivity index (χ1) is 18.0. The molecule has 0 radical (unpaired) electrons. The third-order valence-electron chi connectivity index (χ3n) is 8.33. The first kappa shape index (κ1) is 24.6. The molecule has 0 unspecified atom stereocenters. The molecule has 2 aliphatic heterocycles. The minimum Gasteiger partial charge on any atom is -0.341 e. The van der Waals surface area contributed by atoms with Crippen LogP contribution >= 0.6 is 0 Å². The molecule has 1 saturated heterocycles. The Morgan fingerprint density at radius 2 is 1.61 bits per heavy atom. The van der Waals surface area contributed by atoms with Crippen LogP contribution in [0.5, 0.6) is 0 Å². The lowest BCUT2D eigenvalue weighted by Crippen LogP contribution is -2.56. The van der Waals surface area contributed by atoms with Crippen molar-refractivity contribution in [2.75, 3.05) is 19.6 Å². The molecule has 2 aromatic carbocycles. The maximum absolute atomic E-state index is 13.3. The van der Waals surface area contributed by atoms with Gasteiger partial charge in [0.2, 0.25) is 5.91 Å². The number of amidine groups is 1. The second kappa shape index (κ2) is 8.65. The molecular formula is C31H35N5O2. The Kier molecular flexibility index (Phi) is 5.60. The lowest BCUT2D eigenvalue weighted by Gasteiger charge is -2.42. The molecule has 3 aliphatic rings. The molecule has 1 aliphatic carbocycles. The predicted molar refractivity (Wildman–Crippen MR) is 149 cm³/mol. The summed E-state index contributed by atoms with van der Waals surface area (Å²) in [6.07, 6.45) is 5.87. The Morgan fingerprint density at radius 3 is 2.18 bits per heavy atom. The third kappa shape index (κ3) is 4.24. The van der Waals surface area contributed by atoms with Crippen LogP contribution in [0.3, 0.4) is 0 Å². The summed E-state index contributed by atoms with van der Waals surface area (Å²) in [6, 6.07) is 14.9. The fourth-order valence-corrected chi connectivity index (χ4v) is 5.59. The number of carbonyl (C=O) groups excluding carboxylic acids is 2. The second-order valence-electron chi connectivity index (χ2n) is 12.1. The van der Waals surface area contributed by atoms with Crippen molar-refractivity contribution in [3.05, 3.63) is 66.0 Å². The van der Waals surface area contributed by atoms with Crippen molar-refractivity contribution < 1.29 is 9.59 Å². The molecule has 3 aromatic rings. The number of aliphatic imine (C=N–C) groups is 1. The van der Waals surface area contributed by atoms with Gasteiger partial charge in [0.25, 0.3) is 5.91 Å². The summed E-state index contributed by atoms with van der Waals surface area (Å²) in [4.78, 5) is 34.7. The van der Waals surface area contributed by atoms with E-state index >= 15 is 0 Å². The Labute approximate surface area is 224 Å². The SMILES string of the molecule is Cc1cc(-c2ccc(-c3cnn(C)c3)cc2)ccc1C1=NC(C)(C)C(=O)N1CC1CN(C(=O)C2(C)CC2)C1. The van der Waals surface area contributed by atoms with Crippen molar-refractivity contribution in [1.29, 1.82) is 0 Å². The molecule has 7 nitrogen and oxygen atoms in total. The molecule has 7 heteroatoms. The van der Waals surface area contributed by atoms with E-state index in [-0.39, 0.29) is 23.1 Å². The molecule has 6 rings (SSSR count). The molecule has 38 heavy (non-hydrogen) atoms. The zero-order valence-electron chi connectivity index (χ0n) is 22.9. The van der Waals surface area contributed by atoms with E-state index in [2.05, 4.69) is 61.4 Å². The van der Waals surface area contributed by atoms with Crippen LogP contribution in [-0.2, 0) is 16.6 Å². The minimum absolute atomic E-state index is 0.0286. The summed E-state index contributed by atoms with van der Waals surface area (Å²) < 4.78 is 1.81. The zero-order valence-corrected chi connectivity index (χ0v) is 22.9. The lowest BCUT2D eigenvalue weighted by atomic mass is 9.94. The van der Waals surface area contributed by atoms with Gasteiger partial charge in [0, 0.05) is 55.3 Å². The highest BCUT2D eigenvalue weighted by Crippen LogP contribution is 2.47. The molecule has 3 heterocycles. The summed E-state index contributed by atoms with van der Waals surface area (Å²) in [7, 11) is 1.92. The number of likely N-dealkylation sites (tertiary alicyclic amines) is 1. The van der Waals surface area contributed by atoms with Crippen molar-refractivity contribution >= 4 is 17.6 Å². The van der Waals surface area contributed by atoms with Crippen molar-refractivity contribution in [2.24, 2.45) is 23.4 Å². The number of aromatic nitrogens is 2. The number of hydrogen-bond donors (Lipinski definition) is 0. The van der Waals surface area contributed by atoms with Gasteiger partial charge in [0.15, 0.2) is 0 Å². The van der Waals surface area contributed by atoms with Gasteiger partial charge in [-0.3, -0.25) is 24.2 Å². The average Bonchev–Trinajstić information content (AvgIpc) is 3.40. The van der Waals surface area contributed by atoms with Crippen molar-refractivity contribution in [2.45, 2.75) is 46.1 Å². The van der Waals surface area contributed by atoms with Gasteiger partial charge in [0.05, 0.1) is 6.20 Å². The number of aryl methyl sites for hydroxylation is 2. The first-order valence-corrected chi connectivity index (χ1v) is 13.5. The van der Waals surface area contributed by atoms with Crippen molar-refractivity contribution in [3.63, 3.8) is 0 Å². The van der Waals surface area contributed by atoms with E-state index in [0.717, 1.165) is 65.1 Å². The molecule has 1 saturated carbocycles. The molecule has 196 valence electrons. The zero-order chi connectivity index (χ0) is 26.8. The lowest BCUT2D eigenvalue weighted by molar-refractivity contribution is -0.143. The maximum Gasteiger partial charge on any atom is 0.255 e. The van der Waals surface area contributed by atoms with E-state index in [9.17, 15) is 9.59 Å². The van der Waals surface area contributed by atoms with Crippen molar-refractivity contribution in [1.82, 2.24) is 19.6 Å². The number of nitrogens with zero attached hydrogens (tertiary/aromatic N) is 5. The van der Waals surface area contributed by atoms with E-state index in [0.29, 0.717) is 6.54 Å². The highest BCUT2D eigenvalue weighted by atomic mass is 16.2. The van der Waals surface area contributed by atoms with Gasteiger partial charge in [-0.05, 0) is 55.9 Å². The molecule has 0 N–H and O–H groups in total. The monoisotopic (exact) mass is 509 g/mol. The van der Waals surface area contributed by atoms with Gasteiger partial charge in [-0.1, -0.05) is 49.4 Å². The van der Waals surface area contributed by atoms with Gasteiger partial charge in [-0.25, -0.2) is 0 Å². The van der Waals surface area contributed by atoms with E-state index in [1.807, 2.05) is 43.1 Å². The van der Waals surface area contributed by atoms with E-state index < -0.39 is 5.54 Å². The highest BCUT2D eigenvalue weighted by molar-refractivity contribution is 6.15. The van der Waals surface area contributed by atoms with Crippen LogP contribution < -0.4 is 0 Å². The van der Waals surface area contributed by atoms with Crippen LogP contribution in [-0.4, -0.2) is 62.4 Å². The second-order valence-corrected chi connectivity index (χ2v) is 12.1. The van der Waals surface area contributed by atoms with Crippen LogP contribution in [0, 0.1) is 18.3 Å². The number of hydrogen-bond acceptors (Lipinski definition) is 4. The van der Waals surface area contributed by atoms with E-state index in [1.165, 1.54) is 0 Å². The molecule has 2 fully saturated rings. The average molecular weight is 510 g/mol. The van der Waals surface area contributed by atoms with Crippen LogP contribution in [0.25, 0.3) is 22.3 Å². The molecule has 0 spiro atoms. The van der Waals surface area contributed by atoms with Crippen LogP contribution in [0.15, 0.2) is 59.9 Å². The summed E-state index contributed by atoms with van der Waals surface area (Å²) >= 11 is 0. The number of rotatable bonds is 6. The predicted octanol–water partition coefficient (Wildman–Crippen LogP) is 4.69. The van der Waals surface area contributed by atoms with Gasteiger partial charge >= 0.3 is 0 Å². The Balaban J connectivity index is 1.20. The number of carbonyl (C=O) groups is 2. The van der Waals surface area contributed by atoms with Crippen LogP contribution in [0.4, 0.5) is 0 Å². The smallest absolute Gasteiger partial charge is 0.255 e. The van der Waals surface area contributed by atoms with Gasteiger partial charge in [0.1, 0.15) is 11.4 Å². The molecule has 0 atom stereocenters. The van der Waals surface area contributed by atoms with Gasteiger partial charge in [-0.15, -0.1) is 0 Å². The topological polar surface area (TPSA) is 70.8 Å². The molecular weight excluding hydrogens is 474 g/mol. The van der Waals surface area contributed by atoms with Gasteiger partial charge < -0.3 is 4.90 Å². The molecule has 2 amide bonds. The number of benzene rings is 2. The number of amides is 2. The van der Waals surface area contributed by atoms with E-state index in [4.69, 9.17) is 4.99 Å². The Bertz CT molecular complexity index is 1460. The van der Waals surface area contributed by atoms with Crippen molar-refractivity contribution in [3.8, 4) is 22.3 Å². The Hall–Kier alpha value is -3.74. The van der Waals surface area contributed by atoms with Crippen LogP contribution in [0.2, 0.25) is 0 Å². The standard InChI is InChI=1S/C31H35N5O2/c1-20-14-24(22-6-8-23(9-7-22)25-15-32-34(5)19-25)10-11-26(20)27-33-30(2,3)28(37)36(27)18-21-16-35(17-21)29(38)31(4)12-13-31/h6-11,14-15,19,21H,12-13,16-18H2,1-5H3. The summed E-state index contributed by atoms with van der Waals surface area (Å²) in [6.45, 7) is 9.94. The minimum atomic E-state index is -0.788. The molecule has 1 aromatic heterocycles. The van der Waals surface area contributed by atoms with Gasteiger partial charge in [-0.2, -0.15) is 5.10 Å². The summed E-state index contributed by atoms with van der Waals surface area (Å²) in [5.41, 5.74) is 5.63. The fourth-order valence-electron chi connectivity index (χ4n) is 5.59. The van der Waals surface area contributed by atoms with E-state index in [1.54, 1.807) is 4.68 Å². The summed E-state index contributed by atoms with van der Waals surface area (Å²) in [5.74, 6) is 1.33. The van der Waals surface area contributed by atoms with Crippen LogP contribution in [0.1, 0.15) is 44.7 Å². The highest BCUT2D eigenvalue weighted by Gasteiger charge is 2.50. The summed E-state index contributed by atoms with van der Waals surface area (Å²) in [5, 5.41) is 4.26. The first-order valence-electron chi connectivity index (χ1n) is 13.5. The molecule has 0 bridgehead atoms. The quantitative estimate of drug-likeness (QED) is 0.484.